The molecule has 1 aliphatic heterocycles. The van der Waals surface area contributed by atoms with Gasteiger partial charge in [0.15, 0.2) is 9.84 Å². The molecule has 1 atom stereocenters. The lowest BCUT2D eigenvalue weighted by molar-refractivity contribution is -0.137. The lowest BCUT2D eigenvalue weighted by Crippen LogP contribution is -2.40. The Bertz CT molecular complexity index is 729. The van der Waals surface area contributed by atoms with Crippen LogP contribution in [0.25, 0.3) is 0 Å². The average Bonchev–Trinajstić information content (AvgIpc) is 2.60. The van der Waals surface area contributed by atoms with Gasteiger partial charge in [-0.15, -0.1) is 0 Å². The summed E-state index contributed by atoms with van der Waals surface area (Å²) in [4.78, 5) is 25.3. The van der Waals surface area contributed by atoms with Gasteiger partial charge in [0.2, 0.25) is 5.91 Å². The number of carbonyl (C=O) groups is 2. The summed E-state index contributed by atoms with van der Waals surface area (Å²) in [6.07, 6.45) is 2.70. The molecule has 1 heterocycles. The van der Waals surface area contributed by atoms with Crippen molar-refractivity contribution in [3.05, 3.63) is 29.8 Å². The highest BCUT2D eigenvalue weighted by Crippen LogP contribution is 2.22. The minimum absolute atomic E-state index is 0.0295. The molecular weight excluding hydrogens is 342 g/mol. The molecule has 2 rings (SSSR count). The Hall–Kier alpha value is -1.89. The fourth-order valence-corrected chi connectivity index (χ4v) is 4.11. The SMILES string of the molecule is CCS(=O)(=O)c1cccc(CC(=O)N2CCCC(CCC(=O)O)C2)c1. The number of hydrogen-bond donors (Lipinski definition) is 1. The number of carbonyl (C=O) groups excluding carboxylic acids is 1. The van der Waals surface area contributed by atoms with E-state index in [0.29, 0.717) is 25.1 Å². The van der Waals surface area contributed by atoms with E-state index in [1.54, 1.807) is 36.1 Å². The molecule has 138 valence electrons. The van der Waals surface area contributed by atoms with Gasteiger partial charge in [0, 0.05) is 19.5 Å². The second-order valence-corrected chi connectivity index (χ2v) is 8.79. The van der Waals surface area contributed by atoms with Crippen LogP contribution in [0.3, 0.4) is 0 Å². The first-order valence-electron chi connectivity index (χ1n) is 8.63. The predicted molar refractivity (Wildman–Crippen MR) is 94.0 cm³/mol. The molecule has 0 aliphatic carbocycles. The quantitative estimate of drug-likeness (QED) is 0.797. The molecule has 1 fully saturated rings. The zero-order chi connectivity index (χ0) is 18.4. The van der Waals surface area contributed by atoms with Crippen LogP contribution in [0.1, 0.15) is 38.2 Å². The van der Waals surface area contributed by atoms with Crippen molar-refractivity contribution >= 4 is 21.7 Å². The van der Waals surface area contributed by atoms with Crippen molar-refractivity contribution in [1.82, 2.24) is 4.90 Å². The van der Waals surface area contributed by atoms with E-state index in [1.165, 1.54) is 0 Å². The van der Waals surface area contributed by atoms with Crippen LogP contribution in [0.4, 0.5) is 0 Å². The van der Waals surface area contributed by atoms with Crippen LogP contribution in [0.2, 0.25) is 0 Å². The molecule has 1 amide bonds. The van der Waals surface area contributed by atoms with Gasteiger partial charge < -0.3 is 10.0 Å². The summed E-state index contributed by atoms with van der Waals surface area (Å²) in [5, 5.41) is 8.80. The fraction of sp³-hybridized carbons (Fsp3) is 0.556. The number of sulfone groups is 1. The van der Waals surface area contributed by atoms with Crippen molar-refractivity contribution in [2.24, 2.45) is 5.92 Å². The molecule has 0 spiro atoms. The largest absolute Gasteiger partial charge is 0.481 e. The number of nitrogens with zero attached hydrogens (tertiary/aromatic N) is 1. The van der Waals surface area contributed by atoms with Gasteiger partial charge in [0.1, 0.15) is 0 Å². The van der Waals surface area contributed by atoms with E-state index in [0.717, 1.165) is 12.8 Å². The standard InChI is InChI=1S/C18H25NO5S/c1-2-25(23,24)16-7-3-5-15(11-16)12-17(20)19-10-4-6-14(13-19)8-9-18(21)22/h3,5,7,11,14H,2,4,6,8-10,12-13H2,1H3,(H,21,22). The van der Waals surface area contributed by atoms with Crippen LogP contribution in [0, 0.1) is 5.92 Å². The van der Waals surface area contributed by atoms with E-state index in [4.69, 9.17) is 5.11 Å². The van der Waals surface area contributed by atoms with Crippen LogP contribution in [0.15, 0.2) is 29.2 Å². The third-order valence-corrected chi connectivity index (χ3v) is 6.36. The smallest absolute Gasteiger partial charge is 0.303 e. The molecule has 7 heteroatoms. The number of hydrogen-bond acceptors (Lipinski definition) is 4. The van der Waals surface area contributed by atoms with Gasteiger partial charge in [0.25, 0.3) is 0 Å². The Morgan fingerprint density at radius 2 is 2.08 bits per heavy atom. The Morgan fingerprint density at radius 1 is 1.32 bits per heavy atom. The zero-order valence-corrected chi connectivity index (χ0v) is 15.3. The predicted octanol–water partition coefficient (Wildman–Crippen LogP) is 2.13. The minimum Gasteiger partial charge on any atom is -0.481 e. The lowest BCUT2D eigenvalue weighted by Gasteiger charge is -2.32. The highest BCUT2D eigenvalue weighted by Gasteiger charge is 2.24. The highest BCUT2D eigenvalue weighted by molar-refractivity contribution is 7.91. The van der Waals surface area contributed by atoms with Crippen molar-refractivity contribution in [1.29, 1.82) is 0 Å². The summed E-state index contributed by atoms with van der Waals surface area (Å²) in [5.41, 5.74) is 0.687. The first kappa shape index (κ1) is 19.4. The second-order valence-electron chi connectivity index (χ2n) is 6.51. The van der Waals surface area contributed by atoms with Crippen molar-refractivity contribution in [2.45, 2.75) is 43.9 Å². The molecule has 1 N–H and O–H groups in total. The van der Waals surface area contributed by atoms with Gasteiger partial charge in [0.05, 0.1) is 17.1 Å². The number of piperidine rings is 1. The second kappa shape index (κ2) is 8.47. The van der Waals surface area contributed by atoms with E-state index in [9.17, 15) is 18.0 Å². The maximum atomic E-state index is 12.5. The monoisotopic (exact) mass is 367 g/mol. The van der Waals surface area contributed by atoms with E-state index in [-0.39, 0.29) is 35.3 Å². The summed E-state index contributed by atoms with van der Waals surface area (Å²) >= 11 is 0. The Morgan fingerprint density at radius 3 is 2.76 bits per heavy atom. The van der Waals surface area contributed by atoms with Crippen molar-refractivity contribution in [2.75, 3.05) is 18.8 Å². The van der Waals surface area contributed by atoms with E-state index < -0.39 is 15.8 Å². The number of carboxylic acid groups (broad SMARTS) is 1. The normalized spacial score (nSPS) is 18.1. The molecule has 1 aromatic carbocycles. The summed E-state index contributed by atoms with van der Waals surface area (Å²) in [6, 6.07) is 6.55. The maximum Gasteiger partial charge on any atom is 0.303 e. The number of benzene rings is 1. The molecule has 1 saturated heterocycles. The Balaban J connectivity index is 1.99. The van der Waals surface area contributed by atoms with Gasteiger partial charge in [-0.25, -0.2) is 8.42 Å². The van der Waals surface area contributed by atoms with E-state index in [2.05, 4.69) is 0 Å². The van der Waals surface area contributed by atoms with Crippen LogP contribution in [0.5, 0.6) is 0 Å². The van der Waals surface area contributed by atoms with Gasteiger partial charge in [-0.2, -0.15) is 0 Å². The van der Waals surface area contributed by atoms with Gasteiger partial charge >= 0.3 is 5.97 Å². The van der Waals surface area contributed by atoms with Crippen LogP contribution < -0.4 is 0 Å². The fourth-order valence-electron chi connectivity index (χ4n) is 3.16. The first-order valence-corrected chi connectivity index (χ1v) is 10.3. The van der Waals surface area contributed by atoms with Gasteiger partial charge in [-0.1, -0.05) is 19.1 Å². The lowest BCUT2D eigenvalue weighted by atomic mass is 9.93. The summed E-state index contributed by atoms with van der Waals surface area (Å²) in [6.45, 7) is 2.85. The molecule has 0 saturated carbocycles. The van der Waals surface area contributed by atoms with E-state index in [1.807, 2.05) is 0 Å². The van der Waals surface area contributed by atoms with Gasteiger partial charge in [-0.3, -0.25) is 9.59 Å². The van der Waals surface area contributed by atoms with E-state index >= 15 is 0 Å². The van der Waals surface area contributed by atoms with Crippen LogP contribution >= 0.6 is 0 Å². The Kier molecular flexibility index (Phi) is 6.58. The van der Waals surface area contributed by atoms with Crippen molar-refractivity contribution in [3.63, 3.8) is 0 Å². The highest BCUT2D eigenvalue weighted by atomic mass is 32.2. The van der Waals surface area contributed by atoms with Gasteiger partial charge in [-0.05, 0) is 42.9 Å². The van der Waals surface area contributed by atoms with Crippen LogP contribution in [-0.2, 0) is 25.8 Å². The number of carboxylic acids is 1. The molecule has 1 unspecified atom stereocenters. The average molecular weight is 367 g/mol. The number of rotatable bonds is 7. The summed E-state index contributed by atoms with van der Waals surface area (Å²) < 4.78 is 23.9. The molecule has 1 aliphatic rings. The Labute approximate surface area is 148 Å². The third kappa shape index (κ3) is 5.56. The molecule has 1 aromatic rings. The molecular formula is C18H25NO5S. The first-order chi connectivity index (χ1) is 11.8. The molecule has 0 bridgehead atoms. The number of aliphatic carboxylic acids is 1. The molecule has 0 radical (unpaired) electrons. The topological polar surface area (TPSA) is 91.8 Å². The third-order valence-electron chi connectivity index (χ3n) is 4.63. The molecule has 0 aromatic heterocycles. The number of likely N-dealkylation sites (tertiary alicyclic amines) is 1. The minimum atomic E-state index is -3.29. The summed E-state index contributed by atoms with van der Waals surface area (Å²) in [7, 11) is -3.29. The maximum absolute atomic E-state index is 12.5. The van der Waals surface area contributed by atoms with Crippen LogP contribution in [-0.4, -0.2) is 49.1 Å². The molecule has 6 nitrogen and oxygen atoms in total. The van der Waals surface area contributed by atoms with Crippen molar-refractivity contribution < 1.29 is 23.1 Å². The molecule has 25 heavy (non-hydrogen) atoms. The zero-order valence-electron chi connectivity index (χ0n) is 14.5. The summed E-state index contributed by atoms with van der Waals surface area (Å²) in [5.74, 6) is -0.592. The number of amides is 1. The van der Waals surface area contributed by atoms with Crippen molar-refractivity contribution in [3.8, 4) is 0 Å².